The van der Waals surface area contributed by atoms with Gasteiger partial charge in [-0.15, -0.1) is 0 Å². The number of aromatic nitrogens is 2. The van der Waals surface area contributed by atoms with Crippen LogP contribution in [0.15, 0.2) is 18.2 Å². The Bertz CT molecular complexity index is 655. The molecule has 2 rings (SSSR count). The largest absolute Gasteiger partial charge is 0.380 e. The highest BCUT2D eigenvalue weighted by Gasteiger charge is 2.11. The van der Waals surface area contributed by atoms with Crippen LogP contribution in [0.5, 0.6) is 0 Å². The fraction of sp³-hybridized carbons (Fsp3) is 0.231. The van der Waals surface area contributed by atoms with Gasteiger partial charge in [0.1, 0.15) is 5.15 Å². The minimum absolute atomic E-state index is 0.511. The summed E-state index contributed by atoms with van der Waals surface area (Å²) in [6.45, 7) is 2.44. The van der Waals surface area contributed by atoms with Crippen molar-refractivity contribution in [1.29, 1.82) is 5.26 Å². The third-order valence-corrected chi connectivity index (χ3v) is 3.61. The normalized spacial score (nSPS) is 10.3. The maximum Gasteiger partial charge on any atom is 0.131 e. The Balaban J connectivity index is 2.17. The summed E-state index contributed by atoms with van der Waals surface area (Å²) in [6, 6.07) is 7.16. The van der Waals surface area contributed by atoms with Gasteiger partial charge >= 0.3 is 0 Å². The van der Waals surface area contributed by atoms with E-state index >= 15 is 0 Å². The number of hydrogen-bond donors (Lipinski definition) is 1. The lowest BCUT2D eigenvalue weighted by molar-refractivity contribution is 0.757. The van der Waals surface area contributed by atoms with Gasteiger partial charge < -0.3 is 5.32 Å². The Kier molecular flexibility index (Phi) is 3.98. The summed E-state index contributed by atoms with van der Waals surface area (Å²) >= 11 is 12.2. The van der Waals surface area contributed by atoms with Crippen molar-refractivity contribution in [1.82, 2.24) is 9.78 Å². The summed E-state index contributed by atoms with van der Waals surface area (Å²) < 4.78 is 1.63. The van der Waals surface area contributed by atoms with Gasteiger partial charge in [0.15, 0.2) is 0 Å². The van der Waals surface area contributed by atoms with Crippen LogP contribution in [0.4, 0.5) is 5.69 Å². The minimum Gasteiger partial charge on any atom is -0.380 e. The first-order chi connectivity index (χ1) is 9.02. The second kappa shape index (κ2) is 5.52. The Morgan fingerprint density at radius 3 is 2.68 bits per heavy atom. The van der Waals surface area contributed by atoms with E-state index in [4.69, 9.17) is 28.5 Å². The Hall–Kier alpha value is -1.70. The molecule has 0 saturated carbocycles. The molecule has 2 aromatic rings. The lowest BCUT2D eigenvalue weighted by Gasteiger charge is -2.08. The van der Waals surface area contributed by atoms with Gasteiger partial charge in [-0.1, -0.05) is 23.2 Å². The molecule has 98 valence electrons. The molecule has 19 heavy (non-hydrogen) atoms. The summed E-state index contributed by atoms with van der Waals surface area (Å²) in [5.74, 6) is 0. The van der Waals surface area contributed by atoms with Crippen LogP contribution < -0.4 is 5.32 Å². The SMILES string of the molecule is Cc1nn(C)c(Cl)c1CNc1ccc(C#N)cc1Cl. The van der Waals surface area contributed by atoms with E-state index in [-0.39, 0.29) is 0 Å². The van der Waals surface area contributed by atoms with Crippen LogP contribution in [0.3, 0.4) is 0 Å². The molecule has 1 aromatic heterocycles. The maximum atomic E-state index is 8.78. The van der Waals surface area contributed by atoms with Crippen molar-refractivity contribution in [2.75, 3.05) is 5.32 Å². The summed E-state index contributed by atoms with van der Waals surface area (Å²) in [5.41, 5.74) is 3.11. The van der Waals surface area contributed by atoms with Crippen LogP contribution in [0, 0.1) is 18.3 Å². The molecule has 4 nitrogen and oxygen atoms in total. The third-order valence-electron chi connectivity index (χ3n) is 2.82. The van der Waals surface area contributed by atoms with Gasteiger partial charge in [0.25, 0.3) is 0 Å². The molecule has 0 bridgehead atoms. The molecule has 0 spiro atoms. The molecule has 0 radical (unpaired) electrons. The van der Waals surface area contributed by atoms with Crippen molar-refractivity contribution in [3.05, 3.63) is 45.2 Å². The van der Waals surface area contributed by atoms with Crippen LogP contribution in [-0.4, -0.2) is 9.78 Å². The van der Waals surface area contributed by atoms with Gasteiger partial charge in [-0.3, -0.25) is 4.68 Å². The second-order valence-corrected chi connectivity index (χ2v) is 4.90. The van der Waals surface area contributed by atoms with E-state index in [1.54, 1.807) is 29.9 Å². The van der Waals surface area contributed by atoms with E-state index < -0.39 is 0 Å². The van der Waals surface area contributed by atoms with Gasteiger partial charge in [-0.05, 0) is 25.1 Å². The van der Waals surface area contributed by atoms with Gasteiger partial charge in [0.05, 0.1) is 28.0 Å². The van der Waals surface area contributed by atoms with Crippen LogP contribution in [0.25, 0.3) is 0 Å². The van der Waals surface area contributed by atoms with E-state index in [0.29, 0.717) is 22.3 Å². The fourth-order valence-electron chi connectivity index (χ4n) is 1.79. The van der Waals surface area contributed by atoms with Crippen molar-refractivity contribution in [3.63, 3.8) is 0 Å². The minimum atomic E-state index is 0.511. The number of nitrogens with zero attached hydrogens (tertiary/aromatic N) is 3. The first-order valence-electron chi connectivity index (χ1n) is 5.64. The predicted molar refractivity (Wildman–Crippen MR) is 76.4 cm³/mol. The summed E-state index contributed by atoms with van der Waals surface area (Å²) in [6.07, 6.45) is 0. The summed E-state index contributed by atoms with van der Waals surface area (Å²) in [4.78, 5) is 0. The molecule has 0 atom stereocenters. The first kappa shape index (κ1) is 13.7. The third kappa shape index (κ3) is 2.83. The van der Waals surface area contributed by atoms with Crippen LogP contribution >= 0.6 is 23.2 Å². The molecule has 0 aliphatic rings. The number of aryl methyl sites for hydroxylation is 2. The number of nitrogens with one attached hydrogen (secondary N) is 1. The van der Waals surface area contributed by atoms with Crippen LogP contribution in [0.1, 0.15) is 16.8 Å². The number of rotatable bonds is 3. The summed E-state index contributed by atoms with van der Waals surface area (Å²) in [5, 5.41) is 17.3. The predicted octanol–water partition coefficient (Wildman–Crippen LogP) is 3.52. The number of nitriles is 1. The first-order valence-corrected chi connectivity index (χ1v) is 6.40. The zero-order valence-corrected chi connectivity index (χ0v) is 12.0. The van der Waals surface area contributed by atoms with Gasteiger partial charge in [-0.2, -0.15) is 10.4 Å². The molecule has 1 aromatic carbocycles. The lowest BCUT2D eigenvalue weighted by atomic mass is 10.2. The molecule has 0 fully saturated rings. The highest BCUT2D eigenvalue weighted by atomic mass is 35.5. The maximum absolute atomic E-state index is 8.78. The smallest absolute Gasteiger partial charge is 0.131 e. The Morgan fingerprint density at radius 1 is 1.42 bits per heavy atom. The van der Waals surface area contributed by atoms with Crippen molar-refractivity contribution >= 4 is 28.9 Å². The zero-order valence-electron chi connectivity index (χ0n) is 10.5. The van der Waals surface area contributed by atoms with Gasteiger partial charge in [0.2, 0.25) is 0 Å². The van der Waals surface area contributed by atoms with Gasteiger partial charge in [-0.25, -0.2) is 0 Å². The monoisotopic (exact) mass is 294 g/mol. The van der Waals surface area contributed by atoms with Crippen molar-refractivity contribution in [2.45, 2.75) is 13.5 Å². The van der Waals surface area contributed by atoms with Crippen molar-refractivity contribution < 1.29 is 0 Å². The van der Waals surface area contributed by atoms with E-state index in [1.807, 2.05) is 13.0 Å². The average Bonchev–Trinajstić information content (AvgIpc) is 2.62. The van der Waals surface area contributed by atoms with Crippen molar-refractivity contribution in [3.8, 4) is 6.07 Å². The Labute approximate surface area is 121 Å². The lowest BCUT2D eigenvalue weighted by Crippen LogP contribution is -2.01. The number of halogens is 2. The molecule has 1 heterocycles. The molecule has 6 heteroatoms. The highest BCUT2D eigenvalue weighted by molar-refractivity contribution is 6.33. The number of hydrogen-bond acceptors (Lipinski definition) is 3. The molecule has 0 aliphatic heterocycles. The summed E-state index contributed by atoms with van der Waals surface area (Å²) in [7, 11) is 1.80. The second-order valence-electron chi connectivity index (χ2n) is 4.14. The van der Waals surface area contributed by atoms with Crippen molar-refractivity contribution in [2.24, 2.45) is 7.05 Å². The van der Waals surface area contributed by atoms with Crippen LogP contribution in [-0.2, 0) is 13.6 Å². The quantitative estimate of drug-likeness (QED) is 0.942. The van der Waals surface area contributed by atoms with E-state index in [2.05, 4.69) is 10.4 Å². The standard InChI is InChI=1S/C13H12Cl2N4/c1-8-10(13(15)19(2)18-8)7-17-12-4-3-9(6-16)5-11(12)14/h3-5,17H,7H2,1-2H3. The highest BCUT2D eigenvalue weighted by Crippen LogP contribution is 2.25. The average molecular weight is 295 g/mol. The van der Waals surface area contributed by atoms with E-state index in [0.717, 1.165) is 16.9 Å². The Morgan fingerprint density at radius 2 is 2.16 bits per heavy atom. The van der Waals surface area contributed by atoms with Gasteiger partial charge in [0, 0.05) is 19.2 Å². The van der Waals surface area contributed by atoms with E-state index in [1.165, 1.54) is 0 Å². The molecular formula is C13H12Cl2N4. The molecule has 0 amide bonds. The molecule has 1 N–H and O–H groups in total. The zero-order chi connectivity index (χ0) is 14.0. The van der Waals surface area contributed by atoms with E-state index in [9.17, 15) is 0 Å². The molecular weight excluding hydrogens is 283 g/mol. The molecule has 0 aliphatic carbocycles. The topological polar surface area (TPSA) is 53.6 Å². The number of benzene rings is 1. The number of anilines is 1. The molecule has 0 saturated heterocycles. The molecule has 0 unspecified atom stereocenters. The van der Waals surface area contributed by atoms with Crippen LogP contribution in [0.2, 0.25) is 10.2 Å². The fourth-order valence-corrected chi connectivity index (χ4v) is 2.28.